The van der Waals surface area contributed by atoms with E-state index >= 15 is 0 Å². The molecule has 26 heavy (non-hydrogen) atoms. The van der Waals surface area contributed by atoms with Crippen molar-refractivity contribution < 1.29 is 14.7 Å². The molecule has 4 heteroatoms. The third kappa shape index (κ3) is 4.02. The van der Waals surface area contributed by atoms with Crippen LogP contribution in [0.2, 0.25) is 0 Å². The molecule has 3 rings (SSSR count). The predicted molar refractivity (Wildman–Crippen MR) is 102 cm³/mol. The van der Waals surface area contributed by atoms with Crippen LogP contribution in [0.3, 0.4) is 0 Å². The monoisotopic (exact) mass is 351 g/mol. The van der Waals surface area contributed by atoms with Crippen LogP contribution < -0.4 is 5.32 Å². The fraction of sp³-hybridized carbons (Fsp3) is 0.364. The average molecular weight is 351 g/mol. The quantitative estimate of drug-likeness (QED) is 0.840. The fourth-order valence-corrected chi connectivity index (χ4v) is 3.38. The van der Waals surface area contributed by atoms with Gasteiger partial charge in [0.15, 0.2) is 5.78 Å². The number of carbonyl (C=O) groups excluding carboxylic acids is 2. The summed E-state index contributed by atoms with van der Waals surface area (Å²) in [6.45, 7) is 3.81. The van der Waals surface area contributed by atoms with E-state index in [-0.39, 0.29) is 12.2 Å². The Morgan fingerprint density at radius 2 is 1.69 bits per heavy atom. The van der Waals surface area contributed by atoms with E-state index in [0.717, 1.165) is 6.42 Å². The van der Waals surface area contributed by atoms with Crippen LogP contribution in [0, 0.1) is 5.41 Å². The van der Waals surface area contributed by atoms with Crippen LogP contribution in [0.5, 0.6) is 0 Å². The van der Waals surface area contributed by atoms with Crippen molar-refractivity contribution in [3.8, 4) is 11.1 Å². The topological polar surface area (TPSA) is 66.4 Å². The summed E-state index contributed by atoms with van der Waals surface area (Å²) >= 11 is 0. The van der Waals surface area contributed by atoms with E-state index in [4.69, 9.17) is 0 Å². The molecule has 0 aromatic heterocycles. The molecule has 1 heterocycles. The molecule has 1 aliphatic heterocycles. The van der Waals surface area contributed by atoms with Crippen LogP contribution in [-0.2, 0) is 16.0 Å². The van der Waals surface area contributed by atoms with Crippen molar-refractivity contribution in [1.29, 1.82) is 0 Å². The van der Waals surface area contributed by atoms with Gasteiger partial charge in [-0.2, -0.15) is 0 Å². The lowest BCUT2D eigenvalue weighted by molar-refractivity contribution is -0.131. The van der Waals surface area contributed by atoms with Gasteiger partial charge in [-0.3, -0.25) is 9.59 Å². The van der Waals surface area contributed by atoms with E-state index in [0.29, 0.717) is 6.42 Å². The lowest BCUT2D eigenvalue weighted by Gasteiger charge is -2.26. The van der Waals surface area contributed by atoms with Gasteiger partial charge in [0.2, 0.25) is 5.91 Å². The maximum absolute atomic E-state index is 12.7. The molecule has 2 aromatic rings. The maximum atomic E-state index is 12.7. The van der Waals surface area contributed by atoms with E-state index in [1.54, 1.807) is 0 Å². The normalized spacial score (nSPS) is 20.0. The van der Waals surface area contributed by atoms with Crippen molar-refractivity contribution in [3.05, 3.63) is 60.2 Å². The summed E-state index contributed by atoms with van der Waals surface area (Å²) in [4.78, 5) is 24.1. The zero-order valence-corrected chi connectivity index (χ0v) is 15.2. The van der Waals surface area contributed by atoms with Gasteiger partial charge in [-0.25, -0.2) is 0 Å². The summed E-state index contributed by atoms with van der Waals surface area (Å²) in [6, 6.07) is 18.1. The minimum atomic E-state index is -1.06. The van der Waals surface area contributed by atoms with Crippen molar-refractivity contribution in [2.45, 2.75) is 45.3 Å². The smallest absolute Gasteiger partial charge is 0.249 e. The molecular weight excluding hydrogens is 326 g/mol. The first-order chi connectivity index (χ1) is 12.4. The van der Waals surface area contributed by atoms with E-state index in [2.05, 4.69) is 41.7 Å². The highest BCUT2D eigenvalue weighted by Gasteiger charge is 2.40. The van der Waals surface area contributed by atoms with Crippen LogP contribution in [-0.4, -0.2) is 28.9 Å². The molecule has 0 aliphatic carbocycles. The van der Waals surface area contributed by atoms with Gasteiger partial charge in [0.1, 0.15) is 6.10 Å². The minimum absolute atomic E-state index is 0.0108. The molecule has 1 amide bonds. The Morgan fingerprint density at radius 3 is 2.27 bits per heavy atom. The summed E-state index contributed by atoms with van der Waals surface area (Å²) < 4.78 is 0. The van der Waals surface area contributed by atoms with Crippen molar-refractivity contribution in [3.63, 3.8) is 0 Å². The molecule has 1 fully saturated rings. The minimum Gasteiger partial charge on any atom is -0.383 e. The Morgan fingerprint density at radius 1 is 1.08 bits per heavy atom. The third-order valence-corrected chi connectivity index (χ3v) is 5.16. The number of rotatable bonds is 6. The number of hydrogen-bond donors (Lipinski definition) is 2. The molecule has 1 aliphatic rings. The first-order valence-corrected chi connectivity index (χ1v) is 9.04. The van der Waals surface area contributed by atoms with Gasteiger partial charge in [-0.1, -0.05) is 68.4 Å². The zero-order chi connectivity index (χ0) is 18.7. The van der Waals surface area contributed by atoms with Gasteiger partial charge in [0.25, 0.3) is 0 Å². The first-order valence-electron chi connectivity index (χ1n) is 9.04. The summed E-state index contributed by atoms with van der Waals surface area (Å²) in [7, 11) is 0. The molecule has 2 atom stereocenters. The number of ketones is 1. The van der Waals surface area contributed by atoms with Crippen LogP contribution in [0.25, 0.3) is 11.1 Å². The molecular formula is C22H25NO3. The summed E-state index contributed by atoms with van der Waals surface area (Å²) in [5.74, 6) is -0.459. The van der Waals surface area contributed by atoms with Gasteiger partial charge in [-0.15, -0.1) is 0 Å². The van der Waals surface area contributed by atoms with Crippen molar-refractivity contribution in [2.24, 2.45) is 5.41 Å². The molecule has 136 valence electrons. The number of aliphatic hydroxyl groups is 1. The molecule has 1 saturated heterocycles. The Bertz CT molecular complexity index is 781. The fourth-order valence-electron chi connectivity index (χ4n) is 3.38. The van der Waals surface area contributed by atoms with Crippen LogP contribution in [0.4, 0.5) is 0 Å². The molecule has 0 bridgehead atoms. The number of hydrogen-bond acceptors (Lipinski definition) is 3. The Labute approximate surface area is 154 Å². The standard InChI is InChI=1S/C22H25NO3/c1-22(2,20(25)18-14-19(24)21(26)23-18)13-12-15-8-10-17(11-9-15)16-6-4-3-5-7-16/h3-11,18-19,24H,12-14H2,1-2H3,(H,23,26). The third-order valence-electron chi connectivity index (χ3n) is 5.16. The lowest BCUT2D eigenvalue weighted by Crippen LogP contribution is -2.41. The molecule has 0 radical (unpaired) electrons. The highest BCUT2D eigenvalue weighted by atomic mass is 16.3. The van der Waals surface area contributed by atoms with Crippen molar-refractivity contribution >= 4 is 11.7 Å². The summed E-state index contributed by atoms with van der Waals surface area (Å²) in [6.07, 6.45) is 0.591. The maximum Gasteiger partial charge on any atom is 0.249 e. The van der Waals surface area contributed by atoms with E-state index in [9.17, 15) is 14.7 Å². The summed E-state index contributed by atoms with van der Waals surface area (Å²) in [5.41, 5.74) is 2.98. The largest absolute Gasteiger partial charge is 0.383 e. The van der Waals surface area contributed by atoms with E-state index in [1.807, 2.05) is 32.0 Å². The number of nitrogens with one attached hydrogen (secondary N) is 1. The van der Waals surface area contributed by atoms with Gasteiger partial charge in [0.05, 0.1) is 6.04 Å². The predicted octanol–water partition coefficient (Wildman–Crippen LogP) is 3.13. The zero-order valence-electron chi connectivity index (χ0n) is 15.2. The van der Waals surface area contributed by atoms with Crippen LogP contribution in [0.1, 0.15) is 32.3 Å². The molecule has 4 nitrogen and oxygen atoms in total. The van der Waals surface area contributed by atoms with Gasteiger partial charge in [0, 0.05) is 11.8 Å². The molecule has 0 spiro atoms. The van der Waals surface area contributed by atoms with Gasteiger partial charge in [-0.05, 0) is 29.5 Å². The van der Waals surface area contributed by atoms with Crippen LogP contribution in [0.15, 0.2) is 54.6 Å². The Kier molecular flexibility index (Phi) is 5.23. The molecule has 2 aromatic carbocycles. The second-order valence-corrected chi connectivity index (χ2v) is 7.62. The van der Waals surface area contributed by atoms with Crippen molar-refractivity contribution in [1.82, 2.24) is 5.32 Å². The first kappa shape index (κ1) is 18.3. The number of aryl methyl sites for hydroxylation is 1. The number of Topliss-reactive ketones (excluding diaryl/α,β-unsaturated/α-hetero) is 1. The SMILES string of the molecule is CC(C)(CCc1ccc(-c2ccccc2)cc1)C(=O)C1CC(O)C(=O)N1. The number of benzene rings is 2. The highest BCUT2D eigenvalue weighted by molar-refractivity contribution is 5.96. The number of carbonyl (C=O) groups is 2. The summed E-state index contributed by atoms with van der Waals surface area (Å²) in [5, 5.41) is 12.1. The molecule has 2 N–H and O–H groups in total. The number of amides is 1. The van der Waals surface area contributed by atoms with E-state index in [1.165, 1.54) is 16.7 Å². The second-order valence-electron chi connectivity index (χ2n) is 7.62. The number of aliphatic hydroxyl groups excluding tert-OH is 1. The average Bonchev–Trinajstić information content (AvgIpc) is 2.99. The Hall–Kier alpha value is -2.46. The van der Waals surface area contributed by atoms with Gasteiger partial charge < -0.3 is 10.4 Å². The second kappa shape index (κ2) is 7.42. The highest BCUT2D eigenvalue weighted by Crippen LogP contribution is 2.29. The van der Waals surface area contributed by atoms with Gasteiger partial charge >= 0.3 is 0 Å². The van der Waals surface area contributed by atoms with Crippen molar-refractivity contribution in [2.75, 3.05) is 0 Å². The lowest BCUT2D eigenvalue weighted by atomic mass is 9.79. The van der Waals surface area contributed by atoms with Crippen LogP contribution >= 0.6 is 0 Å². The van der Waals surface area contributed by atoms with E-state index < -0.39 is 23.5 Å². The Balaban J connectivity index is 1.61. The molecule has 2 unspecified atom stereocenters. The molecule has 0 saturated carbocycles.